The van der Waals surface area contributed by atoms with Crippen LogP contribution < -0.4 is 0 Å². The van der Waals surface area contributed by atoms with Gasteiger partial charge in [0.05, 0.1) is 11.3 Å². The van der Waals surface area contributed by atoms with E-state index in [1.54, 1.807) is 0 Å². The van der Waals surface area contributed by atoms with E-state index in [0.29, 0.717) is 0 Å². The minimum absolute atomic E-state index is 0.158. The van der Waals surface area contributed by atoms with Crippen LogP contribution in [-0.2, 0) is 0 Å². The van der Waals surface area contributed by atoms with Gasteiger partial charge in [-0.2, -0.15) is 0 Å². The molecule has 0 heterocycles. The van der Waals surface area contributed by atoms with E-state index in [0.717, 1.165) is 6.42 Å². The molecule has 0 N–H and O–H groups in total. The molecular formula is C24H27NS. The lowest BCUT2D eigenvalue weighted by Crippen LogP contribution is -2.31. The Hall–Kier alpha value is -1.95. The first-order valence-corrected chi connectivity index (χ1v) is 10.3. The number of likely N-dealkylation sites (N-methyl/N-ethyl adjacent to an activating group) is 1. The smallest absolute Gasteiger partial charge is 0.0878 e. The van der Waals surface area contributed by atoms with Gasteiger partial charge >= 0.3 is 0 Å². The highest BCUT2D eigenvalue weighted by Crippen LogP contribution is 2.39. The molecule has 0 fully saturated rings. The van der Waals surface area contributed by atoms with Gasteiger partial charge in [-0.25, -0.2) is 0 Å². The van der Waals surface area contributed by atoms with Gasteiger partial charge in [0.15, 0.2) is 0 Å². The molecule has 0 spiro atoms. The van der Waals surface area contributed by atoms with Crippen LogP contribution in [0.15, 0.2) is 77.2 Å². The third-order valence-electron chi connectivity index (χ3n) is 4.65. The zero-order valence-corrected chi connectivity index (χ0v) is 16.5. The molecule has 0 amide bonds. The second-order valence-electron chi connectivity index (χ2n) is 6.92. The average Bonchev–Trinajstić information content (AvgIpc) is 2.69. The Labute approximate surface area is 162 Å². The van der Waals surface area contributed by atoms with Crippen LogP contribution in [0, 0.1) is 11.8 Å². The first-order valence-electron chi connectivity index (χ1n) is 9.37. The molecule has 1 nitrogen and oxygen atoms in total. The Balaban J connectivity index is 1.91. The van der Waals surface area contributed by atoms with Gasteiger partial charge < -0.3 is 0 Å². The molecule has 0 saturated heterocycles. The molecule has 3 rings (SSSR count). The van der Waals surface area contributed by atoms with E-state index in [1.807, 2.05) is 11.8 Å². The Morgan fingerprint density at radius 1 is 0.923 bits per heavy atom. The van der Waals surface area contributed by atoms with Crippen LogP contribution in [0.3, 0.4) is 0 Å². The first-order chi connectivity index (χ1) is 12.7. The van der Waals surface area contributed by atoms with Crippen molar-refractivity contribution >= 4 is 11.8 Å². The predicted molar refractivity (Wildman–Crippen MR) is 113 cm³/mol. The highest BCUT2D eigenvalue weighted by molar-refractivity contribution is 7.99. The minimum atomic E-state index is 0.158. The van der Waals surface area contributed by atoms with E-state index in [1.165, 1.54) is 35.3 Å². The molecule has 0 unspecified atom stereocenters. The minimum Gasteiger partial charge on any atom is -0.295 e. The average molecular weight is 362 g/mol. The van der Waals surface area contributed by atoms with Crippen molar-refractivity contribution in [3.05, 3.63) is 77.9 Å². The molecule has 0 bridgehead atoms. The van der Waals surface area contributed by atoms with E-state index in [9.17, 15) is 0 Å². The SMILES string of the molecule is CN(C)[C@@H](C#CC1=CCCCC1)[C@@H](Sc1ccccc1)c1ccccc1. The monoisotopic (exact) mass is 361 g/mol. The summed E-state index contributed by atoms with van der Waals surface area (Å²) in [5.41, 5.74) is 2.64. The molecule has 2 aromatic rings. The third kappa shape index (κ3) is 5.27. The second kappa shape index (κ2) is 9.67. The molecule has 0 radical (unpaired) electrons. The number of nitrogens with zero attached hydrogens (tertiary/aromatic N) is 1. The maximum Gasteiger partial charge on any atom is 0.0878 e. The second-order valence-corrected chi connectivity index (χ2v) is 8.13. The summed E-state index contributed by atoms with van der Waals surface area (Å²) < 4.78 is 0. The van der Waals surface area contributed by atoms with Crippen molar-refractivity contribution in [3.63, 3.8) is 0 Å². The van der Waals surface area contributed by atoms with Crippen LogP contribution in [0.2, 0.25) is 0 Å². The number of rotatable bonds is 5. The quantitative estimate of drug-likeness (QED) is 0.478. The van der Waals surface area contributed by atoms with Crippen molar-refractivity contribution in [1.82, 2.24) is 4.90 Å². The van der Waals surface area contributed by atoms with Crippen molar-refractivity contribution in [2.24, 2.45) is 0 Å². The Kier molecular flexibility index (Phi) is 7.00. The van der Waals surface area contributed by atoms with Crippen LogP contribution in [0.4, 0.5) is 0 Å². The van der Waals surface area contributed by atoms with Crippen LogP contribution in [-0.4, -0.2) is 25.0 Å². The van der Waals surface area contributed by atoms with E-state index < -0.39 is 0 Å². The van der Waals surface area contributed by atoms with Crippen LogP contribution in [0.5, 0.6) is 0 Å². The highest BCUT2D eigenvalue weighted by Gasteiger charge is 2.25. The summed E-state index contributed by atoms with van der Waals surface area (Å²) in [5.74, 6) is 7.09. The lowest BCUT2D eigenvalue weighted by atomic mass is 9.99. The fourth-order valence-electron chi connectivity index (χ4n) is 3.20. The lowest BCUT2D eigenvalue weighted by molar-refractivity contribution is 0.347. The third-order valence-corrected chi connectivity index (χ3v) is 5.98. The van der Waals surface area contributed by atoms with Crippen molar-refractivity contribution in [2.45, 2.75) is 41.9 Å². The van der Waals surface area contributed by atoms with Crippen LogP contribution in [0.25, 0.3) is 0 Å². The van der Waals surface area contributed by atoms with Crippen LogP contribution in [0.1, 0.15) is 36.5 Å². The standard InChI is InChI=1S/C24H27NS/c1-25(2)23(19-18-20-12-6-3-7-13-20)24(21-14-8-4-9-15-21)26-22-16-10-5-11-17-22/h4-5,8-12,14-17,23-24H,3,6-7,13H2,1-2H3/t23-,24-/m0/s1. The molecule has 2 heteroatoms. The van der Waals surface area contributed by atoms with Gasteiger partial charge in [0.2, 0.25) is 0 Å². The summed E-state index contributed by atoms with van der Waals surface area (Å²) in [4.78, 5) is 3.54. The fourth-order valence-corrected chi connectivity index (χ4v) is 4.54. The zero-order valence-electron chi connectivity index (χ0n) is 15.7. The Morgan fingerprint density at radius 3 is 2.23 bits per heavy atom. The molecule has 2 atom stereocenters. The first kappa shape index (κ1) is 18.8. The molecule has 1 aliphatic rings. The molecule has 26 heavy (non-hydrogen) atoms. The fraction of sp³-hybridized carbons (Fsp3) is 0.333. The number of hydrogen-bond acceptors (Lipinski definition) is 2. The molecule has 1 aliphatic carbocycles. The van der Waals surface area contributed by atoms with Crippen molar-refractivity contribution in [3.8, 4) is 11.8 Å². The number of thioether (sulfide) groups is 1. The summed E-state index contributed by atoms with van der Waals surface area (Å²) in [5, 5.41) is 0.269. The summed E-state index contributed by atoms with van der Waals surface area (Å²) in [6.07, 6.45) is 7.21. The lowest BCUT2D eigenvalue weighted by Gasteiger charge is -2.28. The molecular weight excluding hydrogens is 334 g/mol. The number of allylic oxidation sites excluding steroid dienone is 2. The highest BCUT2D eigenvalue weighted by atomic mass is 32.2. The van der Waals surface area contributed by atoms with Gasteiger partial charge in [-0.1, -0.05) is 66.4 Å². The van der Waals surface area contributed by atoms with Gasteiger partial charge in [-0.3, -0.25) is 4.90 Å². The van der Waals surface area contributed by atoms with Crippen molar-refractivity contribution in [2.75, 3.05) is 14.1 Å². The largest absolute Gasteiger partial charge is 0.295 e. The van der Waals surface area contributed by atoms with E-state index in [2.05, 4.69) is 97.6 Å². The summed E-state index contributed by atoms with van der Waals surface area (Å²) >= 11 is 1.90. The van der Waals surface area contributed by atoms with E-state index >= 15 is 0 Å². The van der Waals surface area contributed by atoms with Gasteiger partial charge in [-0.05, 0) is 63.0 Å². The normalized spacial score (nSPS) is 16.3. The molecule has 2 aromatic carbocycles. The van der Waals surface area contributed by atoms with Gasteiger partial charge in [0, 0.05) is 4.90 Å². The molecule has 134 valence electrons. The van der Waals surface area contributed by atoms with Gasteiger partial charge in [-0.15, -0.1) is 11.8 Å². The maximum absolute atomic E-state index is 3.59. The van der Waals surface area contributed by atoms with Gasteiger partial charge in [0.1, 0.15) is 0 Å². The van der Waals surface area contributed by atoms with Crippen molar-refractivity contribution in [1.29, 1.82) is 0 Å². The summed E-state index contributed by atoms with van der Waals surface area (Å²) in [6, 6.07) is 21.6. The summed E-state index contributed by atoms with van der Waals surface area (Å²) in [7, 11) is 4.27. The number of hydrogen-bond donors (Lipinski definition) is 0. The van der Waals surface area contributed by atoms with Gasteiger partial charge in [0.25, 0.3) is 0 Å². The molecule has 0 aliphatic heterocycles. The van der Waals surface area contributed by atoms with Crippen LogP contribution >= 0.6 is 11.8 Å². The molecule has 0 saturated carbocycles. The van der Waals surface area contributed by atoms with E-state index in [-0.39, 0.29) is 11.3 Å². The zero-order chi connectivity index (χ0) is 18.2. The molecule has 0 aromatic heterocycles. The topological polar surface area (TPSA) is 3.24 Å². The Bertz CT molecular complexity index is 768. The summed E-state index contributed by atoms with van der Waals surface area (Å²) in [6.45, 7) is 0. The predicted octanol–water partition coefficient (Wildman–Crippen LogP) is 5.95. The Morgan fingerprint density at radius 2 is 1.62 bits per heavy atom. The van der Waals surface area contributed by atoms with E-state index in [4.69, 9.17) is 0 Å². The number of benzene rings is 2. The maximum atomic E-state index is 3.59. The van der Waals surface area contributed by atoms with Crippen molar-refractivity contribution < 1.29 is 0 Å².